The fraction of sp³-hybridized carbons (Fsp3) is 0.333. The molecule has 8 nitrogen and oxygen atoms in total. The van der Waals surface area contributed by atoms with E-state index in [-0.39, 0.29) is 11.3 Å². The minimum absolute atomic E-state index is 0.114. The SMILES string of the molecule is CN(C)C(=N)[NH+](C)C.O=[N+]([O-])c1ccccc1/C=N/[O-]. The van der Waals surface area contributed by atoms with Crippen LogP contribution in [0.25, 0.3) is 0 Å². The molecule has 0 fully saturated rings. The second-order valence-corrected chi connectivity index (χ2v) is 4.29. The number of hydrogen-bond acceptors (Lipinski definition) is 5. The number of nitrogens with zero attached hydrogens (tertiary/aromatic N) is 3. The van der Waals surface area contributed by atoms with Crippen molar-refractivity contribution in [3.8, 4) is 0 Å². The molecule has 0 amide bonds. The number of hydrogen-bond donors (Lipinski definition) is 2. The number of nitro benzene ring substituents is 1. The summed E-state index contributed by atoms with van der Waals surface area (Å²) in [6, 6.07) is 5.90. The maximum absolute atomic E-state index is 10.3. The molecule has 0 aliphatic carbocycles. The highest BCUT2D eigenvalue weighted by molar-refractivity contribution is 5.85. The summed E-state index contributed by atoms with van der Waals surface area (Å²) in [5.74, 6) is 0.602. The van der Waals surface area contributed by atoms with Crippen molar-refractivity contribution < 1.29 is 9.82 Å². The molecule has 0 heterocycles. The van der Waals surface area contributed by atoms with Crippen LogP contribution in [0.4, 0.5) is 5.69 Å². The van der Waals surface area contributed by atoms with E-state index in [0.717, 1.165) is 11.1 Å². The lowest BCUT2D eigenvalue weighted by Crippen LogP contribution is -3.10. The number of quaternary nitrogens is 1. The lowest BCUT2D eigenvalue weighted by Gasteiger charge is -2.14. The zero-order chi connectivity index (χ0) is 15.7. The van der Waals surface area contributed by atoms with Crippen molar-refractivity contribution in [1.29, 1.82) is 5.41 Å². The minimum atomic E-state index is -0.559. The Morgan fingerprint density at radius 1 is 1.40 bits per heavy atom. The van der Waals surface area contributed by atoms with Gasteiger partial charge in [0.25, 0.3) is 11.6 Å². The predicted octanol–water partition coefficient (Wildman–Crippen LogP) is 0.139. The molecule has 0 radical (unpaired) electrons. The fourth-order valence-corrected chi connectivity index (χ4v) is 1.27. The van der Waals surface area contributed by atoms with Crippen LogP contribution >= 0.6 is 0 Å². The van der Waals surface area contributed by atoms with Crippen LogP contribution in [0.3, 0.4) is 0 Å². The van der Waals surface area contributed by atoms with Crippen LogP contribution in [0.5, 0.6) is 0 Å². The summed E-state index contributed by atoms with van der Waals surface area (Å²) in [7, 11) is 7.61. The molecule has 0 aliphatic rings. The molecule has 1 aromatic rings. The molecule has 0 aromatic heterocycles. The van der Waals surface area contributed by atoms with E-state index >= 15 is 0 Å². The van der Waals surface area contributed by atoms with Crippen molar-refractivity contribution in [2.24, 2.45) is 5.16 Å². The Balaban J connectivity index is 0.000000396. The number of para-hydroxylation sites is 1. The number of rotatable bonds is 2. The van der Waals surface area contributed by atoms with E-state index in [2.05, 4.69) is 5.16 Å². The Kier molecular flexibility index (Phi) is 7.53. The molecular weight excluding hydrogens is 262 g/mol. The second-order valence-electron chi connectivity index (χ2n) is 4.29. The molecule has 1 rings (SSSR count). The third kappa shape index (κ3) is 5.91. The Labute approximate surface area is 117 Å². The van der Waals surface area contributed by atoms with E-state index in [1.807, 2.05) is 28.2 Å². The van der Waals surface area contributed by atoms with Crippen LogP contribution < -0.4 is 4.90 Å². The Morgan fingerprint density at radius 2 is 1.95 bits per heavy atom. The van der Waals surface area contributed by atoms with Gasteiger partial charge in [0.1, 0.15) is 0 Å². The molecule has 0 bridgehead atoms. The molecule has 2 N–H and O–H groups in total. The summed E-state index contributed by atoms with van der Waals surface area (Å²) in [6.45, 7) is 0. The Bertz CT molecular complexity index is 476. The molecule has 0 saturated heterocycles. The van der Waals surface area contributed by atoms with E-state index in [1.165, 1.54) is 18.2 Å². The zero-order valence-electron chi connectivity index (χ0n) is 12.0. The summed E-state index contributed by atoms with van der Waals surface area (Å²) in [4.78, 5) is 12.6. The lowest BCUT2D eigenvalue weighted by atomic mass is 10.2. The number of guanidine groups is 1. The summed E-state index contributed by atoms with van der Waals surface area (Å²) >= 11 is 0. The first-order valence-corrected chi connectivity index (χ1v) is 5.76. The van der Waals surface area contributed by atoms with Gasteiger partial charge in [-0.05, 0) is 6.07 Å². The van der Waals surface area contributed by atoms with Gasteiger partial charge in [-0.1, -0.05) is 12.1 Å². The van der Waals surface area contributed by atoms with Gasteiger partial charge in [0, 0.05) is 26.4 Å². The van der Waals surface area contributed by atoms with Gasteiger partial charge in [-0.25, -0.2) is 5.41 Å². The Hall–Kier alpha value is -2.48. The van der Waals surface area contributed by atoms with E-state index in [0.29, 0.717) is 5.96 Å². The first-order valence-electron chi connectivity index (χ1n) is 5.76. The van der Waals surface area contributed by atoms with Crippen LogP contribution in [-0.2, 0) is 0 Å². The van der Waals surface area contributed by atoms with E-state index < -0.39 is 4.92 Å². The second kappa shape index (κ2) is 8.59. The third-order valence-corrected chi connectivity index (χ3v) is 2.25. The molecular formula is C12H19N5O3. The summed E-state index contributed by atoms with van der Waals surface area (Å²) < 4.78 is 0. The molecule has 0 aliphatic heterocycles. The number of nitrogens with one attached hydrogen (secondary N) is 2. The zero-order valence-corrected chi connectivity index (χ0v) is 12.0. The highest BCUT2D eigenvalue weighted by atomic mass is 16.6. The maximum atomic E-state index is 10.3. The highest BCUT2D eigenvalue weighted by Gasteiger charge is 2.08. The average Bonchev–Trinajstić information content (AvgIpc) is 2.39. The first-order chi connectivity index (χ1) is 9.31. The van der Waals surface area contributed by atoms with Crippen LogP contribution in [0, 0.1) is 20.7 Å². The standard InChI is InChI=1S/C7H6N2O3.C5H13N3/c10-8-5-6-3-1-2-4-7(6)9(11)12;1-7(2)5(6)8(3)4/h1-5,10H;6H,1-4H3/b8-5+;. The van der Waals surface area contributed by atoms with Crippen molar-refractivity contribution in [3.63, 3.8) is 0 Å². The molecule has 110 valence electrons. The number of nitro groups is 1. The van der Waals surface area contributed by atoms with Crippen LogP contribution in [0.1, 0.15) is 5.56 Å². The summed E-state index contributed by atoms with van der Waals surface area (Å²) in [5.41, 5.74) is 0.106. The Morgan fingerprint density at radius 3 is 2.30 bits per heavy atom. The molecule has 20 heavy (non-hydrogen) atoms. The maximum Gasteiger partial charge on any atom is 0.294 e. The van der Waals surface area contributed by atoms with Crippen molar-refractivity contribution >= 4 is 17.9 Å². The van der Waals surface area contributed by atoms with E-state index in [1.54, 1.807) is 11.0 Å². The largest absolute Gasteiger partial charge is 0.792 e. The molecule has 8 heteroatoms. The van der Waals surface area contributed by atoms with Gasteiger partial charge in [-0.2, -0.15) is 0 Å². The topological polar surface area (TPSA) is 110 Å². The molecule has 0 atom stereocenters. The van der Waals surface area contributed by atoms with Gasteiger partial charge in [0.05, 0.1) is 24.6 Å². The van der Waals surface area contributed by atoms with Gasteiger partial charge in [-0.3, -0.25) is 15.0 Å². The van der Waals surface area contributed by atoms with Crippen molar-refractivity contribution in [2.45, 2.75) is 0 Å². The third-order valence-electron chi connectivity index (χ3n) is 2.25. The fourth-order valence-electron chi connectivity index (χ4n) is 1.27. The van der Waals surface area contributed by atoms with Crippen LogP contribution in [0.15, 0.2) is 29.4 Å². The van der Waals surface area contributed by atoms with Gasteiger partial charge < -0.3 is 15.3 Å². The van der Waals surface area contributed by atoms with Crippen LogP contribution in [0.2, 0.25) is 0 Å². The molecule has 0 unspecified atom stereocenters. The van der Waals surface area contributed by atoms with E-state index in [4.69, 9.17) is 5.41 Å². The highest BCUT2D eigenvalue weighted by Crippen LogP contribution is 2.14. The molecule has 1 aromatic carbocycles. The van der Waals surface area contributed by atoms with Crippen molar-refractivity contribution in [2.75, 3.05) is 28.2 Å². The van der Waals surface area contributed by atoms with Gasteiger partial charge in [0.2, 0.25) is 0 Å². The van der Waals surface area contributed by atoms with Crippen molar-refractivity contribution in [3.05, 3.63) is 45.2 Å². The predicted molar refractivity (Wildman–Crippen MR) is 78.3 cm³/mol. The smallest absolute Gasteiger partial charge is 0.294 e. The van der Waals surface area contributed by atoms with Gasteiger partial charge in [0.15, 0.2) is 0 Å². The van der Waals surface area contributed by atoms with Gasteiger partial charge in [-0.15, -0.1) is 0 Å². The van der Waals surface area contributed by atoms with Gasteiger partial charge >= 0.3 is 0 Å². The summed E-state index contributed by atoms with van der Waals surface area (Å²) in [6.07, 6.45) is 0.915. The first kappa shape index (κ1) is 17.5. The molecule has 0 spiro atoms. The van der Waals surface area contributed by atoms with E-state index in [9.17, 15) is 15.3 Å². The normalized spacial score (nSPS) is 10.1. The van der Waals surface area contributed by atoms with Crippen molar-refractivity contribution in [1.82, 2.24) is 4.90 Å². The lowest BCUT2D eigenvalue weighted by molar-refractivity contribution is -0.765. The number of benzene rings is 1. The minimum Gasteiger partial charge on any atom is -0.792 e. The average molecular weight is 281 g/mol. The quantitative estimate of drug-likeness (QED) is 0.347. The molecule has 0 saturated carbocycles. The summed E-state index contributed by atoms with van der Waals surface area (Å²) in [5, 5.41) is 29.9. The monoisotopic (exact) mass is 281 g/mol. The van der Waals surface area contributed by atoms with Crippen LogP contribution in [-0.4, -0.2) is 50.2 Å².